The zero-order valence-corrected chi connectivity index (χ0v) is 22.5. The number of aromatic nitrogens is 1. The van der Waals surface area contributed by atoms with Crippen LogP contribution in [0.5, 0.6) is 5.75 Å². The predicted octanol–water partition coefficient (Wildman–Crippen LogP) is 4.12. The summed E-state index contributed by atoms with van der Waals surface area (Å²) in [6.45, 7) is 1.52. The van der Waals surface area contributed by atoms with E-state index in [1.165, 1.54) is 48.8 Å². The number of amides is 1. The summed E-state index contributed by atoms with van der Waals surface area (Å²) in [5.41, 5.74) is 0.804. The van der Waals surface area contributed by atoms with Crippen molar-refractivity contribution in [2.45, 2.75) is 16.7 Å². The number of sulfonamides is 2. The van der Waals surface area contributed by atoms with Gasteiger partial charge in [0.05, 0.1) is 34.0 Å². The Morgan fingerprint density at radius 2 is 1.51 bits per heavy atom. The topological polar surface area (TPSA) is 135 Å². The van der Waals surface area contributed by atoms with Crippen LogP contribution in [0.1, 0.15) is 6.92 Å². The number of para-hydroxylation sites is 2. The summed E-state index contributed by atoms with van der Waals surface area (Å²) in [5.74, 6) is -0.326. The first kappa shape index (κ1) is 27.6. The highest BCUT2D eigenvalue weighted by molar-refractivity contribution is 7.93. The molecule has 4 rings (SSSR count). The largest absolute Gasteiger partial charge is 0.492 e. The fourth-order valence-corrected chi connectivity index (χ4v) is 6.14. The van der Waals surface area contributed by atoms with Crippen LogP contribution in [0.2, 0.25) is 0 Å². The lowest BCUT2D eigenvalue weighted by atomic mass is 10.3. The van der Waals surface area contributed by atoms with Gasteiger partial charge >= 0.3 is 0 Å². The van der Waals surface area contributed by atoms with Crippen molar-refractivity contribution in [3.63, 3.8) is 0 Å². The van der Waals surface area contributed by atoms with Crippen LogP contribution in [0.4, 0.5) is 17.1 Å². The van der Waals surface area contributed by atoms with Crippen LogP contribution in [0.15, 0.2) is 113 Å². The standard InChI is InChI=1S/C27H26N4O6S2/c1-2-37-26-13-7-6-12-25(26)31(39(35,36)24-10-4-3-5-11-24)20-27(32)29-21-14-16-23(17-15-21)38(33,34)30-22-9-8-18-28-19-22/h3-19,30H,2,20H2,1H3,(H,29,32). The van der Waals surface area contributed by atoms with Crippen LogP contribution >= 0.6 is 0 Å². The monoisotopic (exact) mass is 566 g/mol. The van der Waals surface area contributed by atoms with Gasteiger partial charge in [0.25, 0.3) is 20.0 Å². The molecule has 0 aliphatic rings. The fourth-order valence-electron chi connectivity index (χ4n) is 3.65. The molecular formula is C27H26N4O6S2. The van der Waals surface area contributed by atoms with Gasteiger partial charge in [-0.05, 0) is 67.6 Å². The number of anilines is 3. The smallest absolute Gasteiger partial charge is 0.264 e. The van der Waals surface area contributed by atoms with E-state index in [4.69, 9.17) is 4.74 Å². The van der Waals surface area contributed by atoms with Crippen molar-refractivity contribution < 1.29 is 26.4 Å². The summed E-state index contributed by atoms with van der Waals surface area (Å²) in [4.78, 5) is 16.9. The Balaban J connectivity index is 1.56. The van der Waals surface area contributed by atoms with E-state index in [9.17, 15) is 21.6 Å². The minimum Gasteiger partial charge on any atom is -0.492 e. The number of rotatable bonds is 11. The number of ether oxygens (including phenoxy) is 1. The molecule has 10 nitrogen and oxygen atoms in total. The number of carbonyl (C=O) groups is 1. The normalized spacial score (nSPS) is 11.4. The molecule has 0 unspecified atom stereocenters. The summed E-state index contributed by atoms with van der Waals surface area (Å²) in [5, 5.41) is 2.63. The van der Waals surface area contributed by atoms with Crippen LogP contribution in [0.3, 0.4) is 0 Å². The quantitative estimate of drug-likeness (QED) is 0.279. The Morgan fingerprint density at radius 1 is 0.821 bits per heavy atom. The second kappa shape index (κ2) is 12.0. The van der Waals surface area contributed by atoms with Gasteiger partial charge in [-0.2, -0.15) is 0 Å². The molecule has 0 fully saturated rings. The van der Waals surface area contributed by atoms with Crippen LogP contribution in [-0.4, -0.2) is 40.9 Å². The summed E-state index contributed by atoms with van der Waals surface area (Å²) in [6, 6.07) is 23.0. The van der Waals surface area contributed by atoms with Crippen molar-refractivity contribution in [3.05, 3.63) is 103 Å². The molecular weight excluding hydrogens is 540 g/mol. The van der Waals surface area contributed by atoms with E-state index in [2.05, 4.69) is 15.0 Å². The lowest BCUT2D eigenvalue weighted by Crippen LogP contribution is -2.38. The fraction of sp³-hybridized carbons (Fsp3) is 0.111. The zero-order chi connectivity index (χ0) is 27.9. The minimum absolute atomic E-state index is 0.0137. The Morgan fingerprint density at radius 3 is 2.18 bits per heavy atom. The van der Waals surface area contributed by atoms with Crippen LogP contribution in [-0.2, 0) is 24.8 Å². The third-order valence-electron chi connectivity index (χ3n) is 5.41. The number of benzene rings is 3. The van der Waals surface area contributed by atoms with Crippen molar-refractivity contribution in [1.29, 1.82) is 0 Å². The van der Waals surface area contributed by atoms with Gasteiger partial charge < -0.3 is 10.1 Å². The van der Waals surface area contributed by atoms with Gasteiger partial charge in [0.15, 0.2) is 0 Å². The van der Waals surface area contributed by atoms with Crippen LogP contribution in [0, 0.1) is 0 Å². The number of nitrogens with one attached hydrogen (secondary N) is 2. The molecule has 12 heteroatoms. The Bertz CT molecular complexity index is 1630. The molecule has 0 bridgehead atoms. The second-order valence-electron chi connectivity index (χ2n) is 8.15. The van der Waals surface area contributed by atoms with Crippen LogP contribution in [0.25, 0.3) is 0 Å². The molecule has 4 aromatic rings. The molecule has 1 amide bonds. The van der Waals surface area contributed by atoms with Crippen molar-refractivity contribution in [1.82, 2.24) is 4.98 Å². The molecule has 0 atom stereocenters. The van der Waals surface area contributed by atoms with Gasteiger partial charge in [-0.25, -0.2) is 16.8 Å². The van der Waals surface area contributed by atoms with E-state index in [1.54, 1.807) is 61.5 Å². The molecule has 202 valence electrons. The maximum atomic E-state index is 13.6. The van der Waals surface area contributed by atoms with Gasteiger partial charge in [-0.1, -0.05) is 30.3 Å². The van der Waals surface area contributed by atoms with Crippen molar-refractivity contribution >= 4 is 43.0 Å². The van der Waals surface area contributed by atoms with Crippen molar-refractivity contribution in [2.75, 3.05) is 27.5 Å². The van der Waals surface area contributed by atoms with E-state index >= 15 is 0 Å². The third-order valence-corrected chi connectivity index (χ3v) is 8.59. The van der Waals surface area contributed by atoms with Crippen molar-refractivity contribution in [3.8, 4) is 5.75 Å². The predicted molar refractivity (Wildman–Crippen MR) is 149 cm³/mol. The number of carbonyl (C=O) groups excluding carboxylic acids is 1. The first-order chi connectivity index (χ1) is 18.7. The number of hydrogen-bond acceptors (Lipinski definition) is 7. The van der Waals surface area contributed by atoms with Crippen LogP contribution < -0.4 is 19.1 Å². The Kier molecular flexibility index (Phi) is 8.47. The molecule has 2 N–H and O–H groups in total. The molecule has 0 aliphatic heterocycles. The molecule has 3 aromatic carbocycles. The van der Waals surface area contributed by atoms with Gasteiger partial charge in [0.1, 0.15) is 12.3 Å². The van der Waals surface area contributed by atoms with E-state index in [-0.39, 0.29) is 21.2 Å². The lowest BCUT2D eigenvalue weighted by molar-refractivity contribution is -0.114. The summed E-state index contributed by atoms with van der Waals surface area (Å²) in [7, 11) is -8.02. The summed E-state index contributed by atoms with van der Waals surface area (Å²) >= 11 is 0. The highest BCUT2D eigenvalue weighted by atomic mass is 32.2. The summed E-state index contributed by atoms with van der Waals surface area (Å²) < 4.78 is 61.5. The molecule has 39 heavy (non-hydrogen) atoms. The first-order valence-electron chi connectivity index (χ1n) is 11.8. The highest BCUT2D eigenvalue weighted by Crippen LogP contribution is 2.32. The van der Waals surface area contributed by atoms with E-state index < -0.39 is 32.5 Å². The molecule has 0 saturated carbocycles. The minimum atomic E-state index is -4.14. The molecule has 1 heterocycles. The third kappa shape index (κ3) is 6.72. The number of hydrogen-bond donors (Lipinski definition) is 2. The molecule has 1 aromatic heterocycles. The average molecular weight is 567 g/mol. The molecule has 0 radical (unpaired) electrons. The Hall–Kier alpha value is -4.42. The molecule has 0 aliphatic carbocycles. The highest BCUT2D eigenvalue weighted by Gasteiger charge is 2.29. The zero-order valence-electron chi connectivity index (χ0n) is 20.9. The van der Waals surface area contributed by atoms with E-state index in [0.717, 1.165) is 4.31 Å². The lowest BCUT2D eigenvalue weighted by Gasteiger charge is -2.26. The van der Waals surface area contributed by atoms with E-state index in [1.807, 2.05) is 0 Å². The molecule has 0 saturated heterocycles. The number of pyridine rings is 1. The Labute approximate surface area is 227 Å². The van der Waals surface area contributed by atoms with Gasteiger partial charge in [-0.15, -0.1) is 0 Å². The van der Waals surface area contributed by atoms with Gasteiger partial charge in [0, 0.05) is 11.9 Å². The first-order valence-corrected chi connectivity index (χ1v) is 14.8. The van der Waals surface area contributed by atoms with Gasteiger partial charge in [0.2, 0.25) is 5.91 Å². The maximum absolute atomic E-state index is 13.6. The SMILES string of the molecule is CCOc1ccccc1N(CC(=O)Nc1ccc(S(=O)(=O)Nc2cccnc2)cc1)S(=O)(=O)c1ccccc1. The van der Waals surface area contributed by atoms with Gasteiger partial charge in [-0.3, -0.25) is 18.8 Å². The van der Waals surface area contributed by atoms with Crippen molar-refractivity contribution in [2.24, 2.45) is 0 Å². The maximum Gasteiger partial charge on any atom is 0.264 e. The summed E-state index contributed by atoms with van der Waals surface area (Å²) in [6.07, 6.45) is 2.90. The number of nitrogens with zero attached hydrogens (tertiary/aromatic N) is 2. The average Bonchev–Trinajstić information content (AvgIpc) is 2.93. The second-order valence-corrected chi connectivity index (χ2v) is 11.7. The van der Waals surface area contributed by atoms with E-state index in [0.29, 0.717) is 18.0 Å². The molecule has 0 spiro atoms.